The molecule has 12 aromatic rings. The maximum absolute atomic E-state index is 5.33. The van der Waals surface area contributed by atoms with E-state index in [4.69, 9.17) is 9.97 Å². The van der Waals surface area contributed by atoms with Gasteiger partial charge in [-0.25, -0.2) is 9.97 Å². The van der Waals surface area contributed by atoms with E-state index in [9.17, 15) is 0 Å². The van der Waals surface area contributed by atoms with Crippen molar-refractivity contribution in [3.8, 4) is 66.6 Å². The highest BCUT2D eigenvalue weighted by Crippen LogP contribution is 2.48. The van der Waals surface area contributed by atoms with Crippen molar-refractivity contribution in [2.75, 3.05) is 0 Å². The Balaban J connectivity index is 1.09. The van der Waals surface area contributed by atoms with Crippen molar-refractivity contribution in [1.29, 1.82) is 0 Å². The highest BCUT2D eigenvalue weighted by Gasteiger charge is 2.21. The second-order valence-electron chi connectivity index (χ2n) is 15.6. The molecule has 0 saturated heterocycles. The molecule has 0 N–H and O–H groups in total. The molecule has 2 heterocycles. The summed E-state index contributed by atoms with van der Waals surface area (Å²) in [5.41, 5.74) is 11.0. The zero-order valence-corrected chi connectivity index (χ0v) is 33.9. The summed E-state index contributed by atoms with van der Waals surface area (Å²) in [6.45, 7) is 0. The summed E-state index contributed by atoms with van der Waals surface area (Å²) in [5, 5.41) is 11.1. The van der Waals surface area contributed by atoms with Crippen LogP contribution in [0, 0.1) is 0 Å². The Morgan fingerprint density at radius 1 is 0.311 bits per heavy atom. The van der Waals surface area contributed by atoms with E-state index in [-0.39, 0.29) is 0 Å². The van der Waals surface area contributed by atoms with Crippen molar-refractivity contribution in [2.24, 2.45) is 0 Å². The van der Waals surface area contributed by atoms with E-state index in [1.54, 1.807) is 0 Å². The maximum Gasteiger partial charge on any atom is 0.160 e. The summed E-state index contributed by atoms with van der Waals surface area (Å²) in [6, 6.07) is 78.8. The summed E-state index contributed by atoms with van der Waals surface area (Å²) in [6.07, 6.45) is 0. The van der Waals surface area contributed by atoms with Crippen molar-refractivity contribution in [3.05, 3.63) is 218 Å². The molecule has 284 valence electrons. The van der Waals surface area contributed by atoms with E-state index in [1.807, 2.05) is 17.4 Å². The predicted molar refractivity (Wildman–Crippen MR) is 260 cm³/mol. The van der Waals surface area contributed by atoms with Gasteiger partial charge in [-0.05, 0) is 101 Å². The number of thiophene rings is 1. The normalized spacial score (nSPS) is 11.6. The largest absolute Gasteiger partial charge is 0.228 e. The first-order valence-corrected chi connectivity index (χ1v) is 21.5. The third-order valence-electron chi connectivity index (χ3n) is 12.1. The Labute approximate surface area is 357 Å². The molecule has 0 unspecified atom stereocenters. The zero-order chi connectivity index (χ0) is 40.3. The van der Waals surface area contributed by atoms with Crippen molar-refractivity contribution in [3.63, 3.8) is 0 Å². The molecule has 0 aliphatic carbocycles. The number of fused-ring (bicyclic) bond motifs is 6. The van der Waals surface area contributed by atoms with Crippen LogP contribution >= 0.6 is 11.3 Å². The number of benzene rings is 10. The van der Waals surface area contributed by atoms with Crippen LogP contribution in [0.2, 0.25) is 0 Å². The lowest BCUT2D eigenvalue weighted by atomic mass is 9.82. The predicted octanol–water partition coefficient (Wildman–Crippen LogP) is 16.3. The summed E-state index contributed by atoms with van der Waals surface area (Å²) >= 11 is 1.82. The topological polar surface area (TPSA) is 25.8 Å². The van der Waals surface area contributed by atoms with Crippen LogP contribution in [-0.2, 0) is 0 Å². The molecule has 0 aliphatic rings. The summed E-state index contributed by atoms with van der Waals surface area (Å²) in [5.74, 6) is 0.703. The van der Waals surface area contributed by atoms with Gasteiger partial charge in [0.15, 0.2) is 5.82 Å². The lowest BCUT2D eigenvalue weighted by Crippen LogP contribution is -1.97. The molecule has 0 amide bonds. The van der Waals surface area contributed by atoms with E-state index in [1.165, 1.54) is 80.5 Å². The van der Waals surface area contributed by atoms with Crippen LogP contribution in [-0.4, -0.2) is 9.97 Å². The Morgan fingerprint density at radius 2 is 0.885 bits per heavy atom. The van der Waals surface area contributed by atoms with E-state index >= 15 is 0 Å². The molecule has 12 rings (SSSR count). The third kappa shape index (κ3) is 6.01. The molecule has 3 heteroatoms. The number of hydrogen-bond donors (Lipinski definition) is 0. The highest BCUT2D eigenvalue weighted by molar-refractivity contribution is 7.22. The molecular weight excluding hydrogens is 757 g/mol. The minimum atomic E-state index is 0.703. The van der Waals surface area contributed by atoms with Crippen molar-refractivity contribution < 1.29 is 0 Å². The van der Waals surface area contributed by atoms with Crippen LogP contribution in [0.4, 0.5) is 0 Å². The van der Waals surface area contributed by atoms with Gasteiger partial charge in [-0.15, -0.1) is 11.3 Å². The van der Waals surface area contributed by atoms with E-state index < -0.39 is 0 Å². The van der Waals surface area contributed by atoms with E-state index in [0.717, 1.165) is 33.5 Å². The molecule has 2 aromatic heterocycles. The molecule has 0 saturated carbocycles. The van der Waals surface area contributed by atoms with Gasteiger partial charge in [-0.2, -0.15) is 0 Å². The van der Waals surface area contributed by atoms with Crippen molar-refractivity contribution in [1.82, 2.24) is 9.97 Å². The fourth-order valence-electron chi connectivity index (χ4n) is 9.29. The average Bonchev–Trinajstić information content (AvgIpc) is 3.78. The zero-order valence-electron chi connectivity index (χ0n) is 33.1. The Morgan fingerprint density at radius 3 is 1.66 bits per heavy atom. The van der Waals surface area contributed by atoms with Crippen molar-refractivity contribution >= 4 is 64.5 Å². The smallest absolute Gasteiger partial charge is 0.160 e. The third-order valence-corrected chi connectivity index (χ3v) is 13.2. The minimum Gasteiger partial charge on any atom is -0.228 e. The maximum atomic E-state index is 5.33. The van der Waals surface area contributed by atoms with E-state index in [2.05, 4.69) is 212 Å². The second-order valence-corrected chi connectivity index (χ2v) is 16.7. The summed E-state index contributed by atoms with van der Waals surface area (Å²) in [4.78, 5) is 11.8. The molecule has 0 atom stereocenters. The molecule has 0 aliphatic heterocycles. The van der Waals surface area contributed by atoms with Crippen LogP contribution in [0.3, 0.4) is 0 Å². The van der Waals surface area contributed by atoms with Gasteiger partial charge < -0.3 is 0 Å². The van der Waals surface area contributed by atoms with Gasteiger partial charge in [0.2, 0.25) is 0 Å². The van der Waals surface area contributed by atoms with Crippen LogP contribution in [0.5, 0.6) is 0 Å². The first-order chi connectivity index (χ1) is 30.2. The van der Waals surface area contributed by atoms with Gasteiger partial charge in [-0.3, -0.25) is 0 Å². The molecule has 0 fully saturated rings. The SMILES string of the molecule is c1ccc(-c2nc(-c3cccc(-c4cc5ccccc5s4)c3)cc(-c3ccc(-c4c5ccccc5c(-c5ccccc5)c5c4ccc4ccccc45)c4ccccc34)n2)cc1. The van der Waals surface area contributed by atoms with Crippen LogP contribution in [0.25, 0.3) is 120 Å². The molecule has 61 heavy (non-hydrogen) atoms. The molecule has 0 radical (unpaired) electrons. The van der Waals surface area contributed by atoms with Gasteiger partial charge in [0.05, 0.1) is 11.4 Å². The molecule has 0 spiro atoms. The average molecular weight is 793 g/mol. The first-order valence-electron chi connectivity index (χ1n) is 20.7. The summed E-state index contributed by atoms with van der Waals surface area (Å²) in [7, 11) is 0. The lowest BCUT2D eigenvalue weighted by Gasteiger charge is -2.21. The number of aromatic nitrogens is 2. The fraction of sp³-hybridized carbons (Fsp3) is 0. The van der Waals surface area contributed by atoms with Gasteiger partial charge in [0.25, 0.3) is 0 Å². The number of nitrogens with zero attached hydrogens (tertiary/aromatic N) is 2. The van der Waals surface area contributed by atoms with Gasteiger partial charge in [0.1, 0.15) is 0 Å². The quantitative estimate of drug-likeness (QED) is 0.124. The Hall–Kier alpha value is -7.72. The van der Waals surface area contributed by atoms with Crippen LogP contribution in [0.1, 0.15) is 0 Å². The first kappa shape index (κ1) is 35.2. The Bertz CT molecular complexity index is 3610. The second kappa shape index (κ2) is 14.5. The van der Waals surface area contributed by atoms with Crippen LogP contribution in [0.15, 0.2) is 218 Å². The lowest BCUT2D eigenvalue weighted by molar-refractivity contribution is 1.18. The monoisotopic (exact) mass is 792 g/mol. The van der Waals surface area contributed by atoms with Gasteiger partial charge in [-0.1, -0.05) is 194 Å². The molecule has 2 nitrogen and oxygen atoms in total. The molecule has 10 aromatic carbocycles. The fourth-order valence-corrected chi connectivity index (χ4v) is 10.3. The standard InChI is InChI=1S/C58H36N2S/c1-3-17-38(18-4-1)55-47-27-12-13-28-48(47)56(50-31-30-37-16-7-9-24-43(37)57(50)55)49-33-32-46(44-25-10-11-26-45(44)49)52-36-51(59-58(60-52)39-19-5-2-6-20-39)40-22-15-23-41(34-40)54-35-42-21-8-14-29-53(42)61-54/h1-36H. The number of rotatable bonds is 6. The highest BCUT2D eigenvalue weighted by atomic mass is 32.1. The Kier molecular flexibility index (Phi) is 8.39. The van der Waals surface area contributed by atoms with E-state index in [0.29, 0.717) is 5.82 Å². The molecular formula is C58H36N2S. The number of hydrogen-bond acceptors (Lipinski definition) is 3. The minimum absolute atomic E-state index is 0.703. The van der Waals surface area contributed by atoms with Crippen LogP contribution < -0.4 is 0 Å². The van der Waals surface area contributed by atoms with Crippen molar-refractivity contribution in [2.45, 2.75) is 0 Å². The molecule has 0 bridgehead atoms. The van der Waals surface area contributed by atoms with Gasteiger partial charge >= 0.3 is 0 Å². The van der Waals surface area contributed by atoms with Gasteiger partial charge in [0, 0.05) is 26.3 Å². The summed E-state index contributed by atoms with van der Waals surface area (Å²) < 4.78 is 1.29.